The maximum absolute atomic E-state index is 12.8. The van der Waals surface area contributed by atoms with E-state index in [4.69, 9.17) is 4.74 Å². The first-order valence-electron chi connectivity index (χ1n) is 8.49. The summed E-state index contributed by atoms with van der Waals surface area (Å²) in [6.07, 6.45) is 1.23. The Kier molecular flexibility index (Phi) is 5.79. The predicted molar refractivity (Wildman–Crippen MR) is 108 cm³/mol. The molecule has 29 heavy (non-hydrogen) atoms. The molecule has 1 fully saturated rings. The van der Waals surface area contributed by atoms with Crippen molar-refractivity contribution in [3.63, 3.8) is 0 Å². The molecule has 1 aliphatic rings. The molecule has 0 unspecified atom stereocenters. The minimum absolute atomic E-state index is 0.106. The molecule has 0 aliphatic carbocycles. The number of halogens is 1. The van der Waals surface area contributed by atoms with Crippen LogP contribution >= 0.6 is 15.9 Å². The number of imide groups is 2. The number of nitrogens with zero attached hydrogens (tertiary/aromatic N) is 1. The number of benzene rings is 2. The van der Waals surface area contributed by atoms with E-state index in [0.29, 0.717) is 5.56 Å². The van der Waals surface area contributed by atoms with E-state index in [-0.39, 0.29) is 29.2 Å². The Hall–Kier alpha value is -3.46. The molecule has 1 saturated heterocycles. The van der Waals surface area contributed by atoms with E-state index in [0.717, 1.165) is 9.37 Å². The fraction of sp³-hybridized carbons (Fsp3) is 0.100. The van der Waals surface area contributed by atoms with Crippen molar-refractivity contribution in [1.82, 2.24) is 5.32 Å². The Balaban J connectivity index is 2.01. The van der Waals surface area contributed by atoms with E-state index < -0.39 is 23.8 Å². The van der Waals surface area contributed by atoms with Gasteiger partial charge in [0.1, 0.15) is 16.9 Å². The Morgan fingerprint density at radius 2 is 1.86 bits per heavy atom. The van der Waals surface area contributed by atoms with Crippen LogP contribution in [0.5, 0.6) is 5.75 Å². The summed E-state index contributed by atoms with van der Waals surface area (Å²) in [4.78, 5) is 49.6. The van der Waals surface area contributed by atoms with Gasteiger partial charge in [-0.1, -0.05) is 22.0 Å². The number of rotatable bonds is 5. The number of carboxylic acids is 1. The van der Waals surface area contributed by atoms with Crippen LogP contribution in [-0.4, -0.2) is 35.5 Å². The Labute approximate surface area is 173 Å². The summed E-state index contributed by atoms with van der Waals surface area (Å²) >= 11 is 3.27. The van der Waals surface area contributed by atoms with Gasteiger partial charge in [-0.05, 0) is 55.0 Å². The van der Waals surface area contributed by atoms with Gasteiger partial charge in [0.15, 0.2) is 0 Å². The van der Waals surface area contributed by atoms with E-state index in [9.17, 15) is 24.3 Å². The van der Waals surface area contributed by atoms with Crippen LogP contribution in [0, 0.1) is 0 Å². The van der Waals surface area contributed by atoms with Crippen LogP contribution in [0.2, 0.25) is 0 Å². The first-order valence-corrected chi connectivity index (χ1v) is 9.28. The van der Waals surface area contributed by atoms with Crippen LogP contribution in [0.25, 0.3) is 6.08 Å². The normalized spacial score (nSPS) is 15.4. The number of amides is 4. The molecular weight excluding hydrogens is 444 g/mol. The third-order valence-corrected chi connectivity index (χ3v) is 4.56. The lowest BCUT2D eigenvalue weighted by Crippen LogP contribution is -2.54. The monoisotopic (exact) mass is 458 g/mol. The number of hydrogen-bond acceptors (Lipinski definition) is 5. The molecule has 0 aromatic heterocycles. The second kappa shape index (κ2) is 8.27. The second-order valence-corrected chi connectivity index (χ2v) is 6.84. The minimum Gasteiger partial charge on any atom is -0.493 e. The lowest BCUT2D eigenvalue weighted by atomic mass is 10.0. The van der Waals surface area contributed by atoms with Crippen LogP contribution in [0.15, 0.2) is 52.5 Å². The highest BCUT2D eigenvalue weighted by molar-refractivity contribution is 9.10. The van der Waals surface area contributed by atoms with Gasteiger partial charge < -0.3 is 9.84 Å². The highest BCUT2D eigenvalue weighted by Gasteiger charge is 2.36. The van der Waals surface area contributed by atoms with Crippen LogP contribution in [-0.2, 0) is 9.59 Å². The Morgan fingerprint density at radius 3 is 2.48 bits per heavy atom. The van der Waals surface area contributed by atoms with Crippen molar-refractivity contribution in [2.24, 2.45) is 0 Å². The van der Waals surface area contributed by atoms with E-state index in [2.05, 4.69) is 21.2 Å². The summed E-state index contributed by atoms with van der Waals surface area (Å²) in [6, 6.07) is 9.80. The van der Waals surface area contributed by atoms with E-state index in [1.807, 2.05) is 0 Å². The fourth-order valence-electron chi connectivity index (χ4n) is 2.73. The zero-order chi connectivity index (χ0) is 21.1. The number of carbonyl (C=O) groups excluding carboxylic acids is 3. The maximum atomic E-state index is 12.8. The van der Waals surface area contributed by atoms with Crippen molar-refractivity contribution in [2.45, 2.75) is 6.92 Å². The fourth-order valence-corrected chi connectivity index (χ4v) is 3.00. The first kappa shape index (κ1) is 20.3. The first-order chi connectivity index (χ1) is 13.8. The van der Waals surface area contributed by atoms with Crippen molar-refractivity contribution in [1.29, 1.82) is 0 Å². The summed E-state index contributed by atoms with van der Waals surface area (Å²) in [5.41, 5.74) is 0.181. The molecule has 0 spiro atoms. The molecule has 2 aromatic carbocycles. The topological polar surface area (TPSA) is 113 Å². The number of barbiturate groups is 1. The molecule has 2 aromatic rings. The largest absolute Gasteiger partial charge is 0.493 e. The number of anilines is 1. The average Bonchev–Trinajstić information content (AvgIpc) is 2.67. The number of aromatic carboxylic acids is 1. The van der Waals surface area contributed by atoms with Gasteiger partial charge in [0.2, 0.25) is 0 Å². The average molecular weight is 459 g/mol. The van der Waals surface area contributed by atoms with Gasteiger partial charge in [-0.15, -0.1) is 0 Å². The predicted octanol–water partition coefficient (Wildman–Crippen LogP) is 3.21. The molecule has 3 rings (SSSR count). The van der Waals surface area contributed by atoms with Crippen LogP contribution in [0.1, 0.15) is 22.8 Å². The van der Waals surface area contributed by atoms with Gasteiger partial charge in [-0.3, -0.25) is 14.9 Å². The number of carbonyl (C=O) groups is 4. The molecule has 9 heteroatoms. The number of urea groups is 1. The summed E-state index contributed by atoms with van der Waals surface area (Å²) in [7, 11) is 0. The minimum atomic E-state index is -1.21. The van der Waals surface area contributed by atoms with Crippen LogP contribution in [0.3, 0.4) is 0 Å². The van der Waals surface area contributed by atoms with Crippen LogP contribution in [0.4, 0.5) is 10.5 Å². The molecule has 0 saturated carbocycles. The molecule has 0 atom stereocenters. The number of nitrogens with one attached hydrogen (secondary N) is 1. The summed E-state index contributed by atoms with van der Waals surface area (Å²) in [5, 5.41) is 11.5. The van der Waals surface area contributed by atoms with Gasteiger partial charge in [0, 0.05) is 4.47 Å². The highest BCUT2D eigenvalue weighted by atomic mass is 79.9. The molecule has 1 aliphatic heterocycles. The molecule has 8 nitrogen and oxygen atoms in total. The van der Waals surface area contributed by atoms with Gasteiger partial charge >= 0.3 is 12.0 Å². The second-order valence-electron chi connectivity index (χ2n) is 5.93. The van der Waals surface area contributed by atoms with Crippen molar-refractivity contribution in [2.75, 3.05) is 11.5 Å². The van der Waals surface area contributed by atoms with Crippen molar-refractivity contribution < 1.29 is 29.0 Å². The lowest BCUT2D eigenvalue weighted by Gasteiger charge is -2.26. The third-order valence-electron chi connectivity index (χ3n) is 4.03. The van der Waals surface area contributed by atoms with Gasteiger partial charge in [-0.2, -0.15) is 0 Å². The quantitative estimate of drug-likeness (QED) is 0.525. The van der Waals surface area contributed by atoms with Gasteiger partial charge in [0.05, 0.1) is 12.3 Å². The van der Waals surface area contributed by atoms with Gasteiger partial charge in [-0.25, -0.2) is 14.5 Å². The zero-order valence-corrected chi connectivity index (χ0v) is 16.7. The maximum Gasteiger partial charge on any atom is 0.339 e. The van der Waals surface area contributed by atoms with E-state index in [1.54, 1.807) is 31.2 Å². The number of hydrogen-bond donors (Lipinski definition) is 2. The highest BCUT2D eigenvalue weighted by Crippen LogP contribution is 2.25. The summed E-state index contributed by atoms with van der Waals surface area (Å²) < 4.78 is 6.04. The number of carboxylic acid groups (broad SMARTS) is 1. The number of ether oxygens (including phenoxy) is 1. The van der Waals surface area contributed by atoms with E-state index >= 15 is 0 Å². The standard InChI is InChI=1S/C20H15BrN2O6/c1-2-29-16-8-3-11(9-14(16)19(26)27)10-15-17(24)22-20(28)23(18(15)25)13-6-4-12(21)5-7-13/h3-10H,2H2,1H3,(H,26,27)(H,22,24,28). The molecule has 4 amide bonds. The SMILES string of the molecule is CCOc1ccc(C=C2C(=O)NC(=O)N(c3ccc(Br)cc3)C2=O)cc1C(=O)O. The Bertz CT molecular complexity index is 1050. The Morgan fingerprint density at radius 1 is 1.17 bits per heavy atom. The van der Waals surface area contributed by atoms with Crippen molar-refractivity contribution >= 4 is 51.5 Å². The lowest BCUT2D eigenvalue weighted by molar-refractivity contribution is -0.122. The molecular formula is C20H15BrN2O6. The summed E-state index contributed by atoms with van der Waals surface area (Å²) in [5.74, 6) is -2.71. The van der Waals surface area contributed by atoms with Crippen LogP contribution < -0.4 is 15.0 Å². The summed E-state index contributed by atoms with van der Waals surface area (Å²) in [6.45, 7) is 2.01. The molecule has 2 N–H and O–H groups in total. The third kappa shape index (κ3) is 4.19. The molecule has 0 radical (unpaired) electrons. The zero-order valence-electron chi connectivity index (χ0n) is 15.1. The van der Waals surface area contributed by atoms with E-state index in [1.165, 1.54) is 24.3 Å². The molecule has 0 bridgehead atoms. The van der Waals surface area contributed by atoms with Gasteiger partial charge in [0.25, 0.3) is 11.8 Å². The molecule has 1 heterocycles. The van der Waals surface area contributed by atoms with Crippen molar-refractivity contribution in [3.05, 3.63) is 63.6 Å². The molecule has 148 valence electrons. The smallest absolute Gasteiger partial charge is 0.339 e. The van der Waals surface area contributed by atoms with Crippen molar-refractivity contribution in [3.8, 4) is 5.75 Å².